The maximum atomic E-state index is 11.2. The maximum absolute atomic E-state index is 11.2. The molecule has 0 spiro atoms. The molecule has 1 aliphatic rings. The molecule has 0 N–H and O–H groups in total. The Bertz CT molecular complexity index is 192. The standard InChI is InChI=1S/C9H14O3/c1-7(6-11-2)9(10)12-8-4-3-5-8/h6,8H,3-5H2,1-2H3/b7-6+. The predicted molar refractivity (Wildman–Crippen MR) is 44.5 cm³/mol. The average molecular weight is 170 g/mol. The van der Waals surface area contributed by atoms with Crippen molar-refractivity contribution in [1.82, 2.24) is 0 Å². The zero-order valence-electron chi connectivity index (χ0n) is 7.50. The molecule has 0 atom stereocenters. The molecule has 1 rings (SSSR count). The van der Waals surface area contributed by atoms with Crippen molar-refractivity contribution in [1.29, 1.82) is 0 Å². The van der Waals surface area contributed by atoms with Gasteiger partial charge in [0.25, 0.3) is 0 Å². The minimum Gasteiger partial charge on any atom is -0.504 e. The number of rotatable bonds is 3. The molecule has 0 aromatic rings. The topological polar surface area (TPSA) is 35.5 Å². The van der Waals surface area contributed by atoms with Gasteiger partial charge in [-0.25, -0.2) is 4.79 Å². The van der Waals surface area contributed by atoms with Gasteiger partial charge in [-0.3, -0.25) is 0 Å². The van der Waals surface area contributed by atoms with Gasteiger partial charge in [0.05, 0.1) is 18.9 Å². The van der Waals surface area contributed by atoms with E-state index in [-0.39, 0.29) is 12.1 Å². The zero-order chi connectivity index (χ0) is 8.97. The van der Waals surface area contributed by atoms with Crippen molar-refractivity contribution in [2.75, 3.05) is 7.11 Å². The molecule has 0 unspecified atom stereocenters. The van der Waals surface area contributed by atoms with Gasteiger partial charge in [-0.15, -0.1) is 0 Å². The summed E-state index contributed by atoms with van der Waals surface area (Å²) < 4.78 is 9.81. The Labute approximate surface area is 72.4 Å². The zero-order valence-corrected chi connectivity index (χ0v) is 7.50. The van der Waals surface area contributed by atoms with Crippen LogP contribution in [0.3, 0.4) is 0 Å². The largest absolute Gasteiger partial charge is 0.504 e. The van der Waals surface area contributed by atoms with Crippen molar-refractivity contribution in [3.63, 3.8) is 0 Å². The molecule has 3 heteroatoms. The van der Waals surface area contributed by atoms with E-state index in [2.05, 4.69) is 0 Å². The van der Waals surface area contributed by atoms with E-state index in [1.54, 1.807) is 6.92 Å². The number of hydrogen-bond acceptors (Lipinski definition) is 3. The highest BCUT2D eigenvalue weighted by Gasteiger charge is 2.22. The first-order valence-electron chi connectivity index (χ1n) is 4.14. The van der Waals surface area contributed by atoms with Crippen LogP contribution in [0, 0.1) is 0 Å². The van der Waals surface area contributed by atoms with Crippen molar-refractivity contribution < 1.29 is 14.3 Å². The highest BCUT2D eigenvalue weighted by atomic mass is 16.5. The van der Waals surface area contributed by atoms with Crippen molar-refractivity contribution in [3.05, 3.63) is 11.8 Å². The fourth-order valence-corrected chi connectivity index (χ4v) is 0.958. The minimum absolute atomic E-state index is 0.151. The van der Waals surface area contributed by atoms with Crippen LogP contribution in [0.15, 0.2) is 11.8 Å². The van der Waals surface area contributed by atoms with Gasteiger partial charge in [-0.1, -0.05) is 0 Å². The highest BCUT2D eigenvalue weighted by molar-refractivity contribution is 5.87. The second-order valence-corrected chi connectivity index (χ2v) is 2.99. The Hall–Kier alpha value is -0.990. The Morgan fingerprint density at radius 2 is 2.17 bits per heavy atom. The summed E-state index contributed by atoms with van der Waals surface area (Å²) in [7, 11) is 1.51. The Morgan fingerprint density at radius 3 is 2.58 bits per heavy atom. The first-order valence-corrected chi connectivity index (χ1v) is 4.14. The maximum Gasteiger partial charge on any atom is 0.337 e. The van der Waals surface area contributed by atoms with Gasteiger partial charge in [0.2, 0.25) is 0 Å². The minimum atomic E-state index is -0.262. The van der Waals surface area contributed by atoms with Crippen LogP contribution in [0.25, 0.3) is 0 Å². The van der Waals surface area contributed by atoms with E-state index in [0.717, 1.165) is 12.8 Å². The lowest BCUT2D eigenvalue weighted by Crippen LogP contribution is -2.25. The second kappa shape index (κ2) is 4.14. The van der Waals surface area contributed by atoms with Crippen LogP contribution in [0.1, 0.15) is 26.2 Å². The number of carbonyl (C=O) groups is 1. The first kappa shape index (κ1) is 9.10. The number of esters is 1. The van der Waals surface area contributed by atoms with E-state index < -0.39 is 0 Å². The smallest absolute Gasteiger partial charge is 0.337 e. The SMILES string of the molecule is CO/C=C(\C)C(=O)OC1CCC1. The fraction of sp³-hybridized carbons (Fsp3) is 0.667. The molecule has 1 fully saturated rings. The van der Waals surface area contributed by atoms with E-state index in [0.29, 0.717) is 5.57 Å². The third-order valence-corrected chi connectivity index (χ3v) is 1.94. The summed E-state index contributed by atoms with van der Waals surface area (Å²) in [6.07, 6.45) is 4.74. The molecule has 1 aliphatic carbocycles. The van der Waals surface area contributed by atoms with Gasteiger partial charge in [0, 0.05) is 0 Å². The number of methoxy groups -OCH3 is 1. The van der Waals surface area contributed by atoms with Gasteiger partial charge >= 0.3 is 5.97 Å². The molecular formula is C9H14O3. The molecule has 0 aliphatic heterocycles. The van der Waals surface area contributed by atoms with Gasteiger partial charge < -0.3 is 9.47 Å². The second-order valence-electron chi connectivity index (χ2n) is 2.99. The molecule has 12 heavy (non-hydrogen) atoms. The van der Waals surface area contributed by atoms with Gasteiger partial charge in [-0.2, -0.15) is 0 Å². The van der Waals surface area contributed by atoms with Gasteiger partial charge in [0.15, 0.2) is 0 Å². The van der Waals surface area contributed by atoms with Crippen molar-refractivity contribution in [3.8, 4) is 0 Å². The molecule has 68 valence electrons. The summed E-state index contributed by atoms with van der Waals surface area (Å²) in [6.45, 7) is 1.69. The van der Waals surface area contributed by atoms with Crippen molar-refractivity contribution >= 4 is 5.97 Å². The van der Waals surface area contributed by atoms with E-state index in [1.807, 2.05) is 0 Å². The van der Waals surface area contributed by atoms with Crippen LogP contribution in [0.5, 0.6) is 0 Å². The van der Waals surface area contributed by atoms with Crippen molar-refractivity contribution in [2.24, 2.45) is 0 Å². The quantitative estimate of drug-likeness (QED) is 0.367. The summed E-state index contributed by atoms with van der Waals surface area (Å²) in [5, 5.41) is 0. The van der Waals surface area contributed by atoms with Crippen LogP contribution >= 0.6 is 0 Å². The summed E-state index contributed by atoms with van der Waals surface area (Å²) in [5.74, 6) is -0.262. The van der Waals surface area contributed by atoms with Crippen molar-refractivity contribution in [2.45, 2.75) is 32.3 Å². The lowest BCUT2D eigenvalue weighted by molar-refractivity contribution is -0.148. The number of ether oxygens (including phenoxy) is 2. The van der Waals surface area contributed by atoms with E-state index in [4.69, 9.17) is 9.47 Å². The van der Waals surface area contributed by atoms with Gasteiger partial charge in [0.1, 0.15) is 6.10 Å². The van der Waals surface area contributed by atoms with E-state index >= 15 is 0 Å². The van der Waals surface area contributed by atoms with E-state index in [9.17, 15) is 4.79 Å². The van der Waals surface area contributed by atoms with E-state index in [1.165, 1.54) is 19.8 Å². The highest BCUT2D eigenvalue weighted by Crippen LogP contribution is 2.22. The molecule has 3 nitrogen and oxygen atoms in total. The fourth-order valence-electron chi connectivity index (χ4n) is 0.958. The van der Waals surface area contributed by atoms with Crippen LogP contribution < -0.4 is 0 Å². The first-order chi connectivity index (χ1) is 5.74. The number of carbonyl (C=O) groups excluding carboxylic acids is 1. The Balaban J connectivity index is 2.31. The van der Waals surface area contributed by atoms with Crippen LogP contribution in [0.4, 0.5) is 0 Å². The molecular weight excluding hydrogens is 156 g/mol. The van der Waals surface area contributed by atoms with Crippen LogP contribution in [-0.4, -0.2) is 19.2 Å². The molecule has 0 saturated heterocycles. The third-order valence-electron chi connectivity index (χ3n) is 1.94. The third kappa shape index (κ3) is 2.26. The summed E-state index contributed by atoms with van der Waals surface area (Å²) >= 11 is 0. The van der Waals surface area contributed by atoms with Gasteiger partial charge in [-0.05, 0) is 26.2 Å². The average Bonchev–Trinajstić information content (AvgIpc) is 1.97. The number of hydrogen-bond donors (Lipinski definition) is 0. The molecule has 0 radical (unpaired) electrons. The summed E-state index contributed by atoms with van der Waals surface area (Å²) in [6, 6.07) is 0. The normalized spacial score (nSPS) is 18.3. The molecule has 1 saturated carbocycles. The molecule has 0 aromatic heterocycles. The summed E-state index contributed by atoms with van der Waals surface area (Å²) in [4.78, 5) is 11.2. The van der Waals surface area contributed by atoms with Crippen LogP contribution in [-0.2, 0) is 14.3 Å². The Morgan fingerprint density at radius 1 is 1.50 bits per heavy atom. The van der Waals surface area contributed by atoms with Crippen LogP contribution in [0.2, 0.25) is 0 Å². The predicted octanol–water partition coefficient (Wildman–Crippen LogP) is 1.63. The molecule has 0 heterocycles. The molecule has 0 aromatic carbocycles. The summed E-state index contributed by atoms with van der Waals surface area (Å²) in [5.41, 5.74) is 0.518. The molecule has 0 bridgehead atoms. The lowest BCUT2D eigenvalue weighted by atomic mass is 9.96. The molecule has 0 amide bonds. The Kier molecular flexibility index (Phi) is 3.14. The lowest BCUT2D eigenvalue weighted by Gasteiger charge is -2.25. The monoisotopic (exact) mass is 170 g/mol.